The number of anilines is 1. The topological polar surface area (TPSA) is 75.4 Å². The molecule has 0 radical (unpaired) electrons. The van der Waals surface area contributed by atoms with Crippen LogP contribution < -0.4 is 10.5 Å². The zero-order chi connectivity index (χ0) is 22.9. The second kappa shape index (κ2) is 8.74. The van der Waals surface area contributed by atoms with E-state index in [0.29, 0.717) is 27.8 Å². The third-order valence-electron chi connectivity index (χ3n) is 4.68. The van der Waals surface area contributed by atoms with E-state index >= 15 is 0 Å². The number of nitrogens with two attached hydrogens (primary N) is 1. The molecule has 0 spiro atoms. The van der Waals surface area contributed by atoms with E-state index in [1.165, 1.54) is 0 Å². The Labute approximate surface area is 185 Å². The SMILES string of the molecule is C=C(N)N(C(=C)c1cc(Cl)ccc1NS(=O)(=O)c1ccc(C(C)(C)C)cc1)C(C)C. The van der Waals surface area contributed by atoms with E-state index in [1.807, 2.05) is 26.0 Å². The highest BCUT2D eigenvalue weighted by atomic mass is 35.5. The quantitative estimate of drug-likeness (QED) is 0.583. The van der Waals surface area contributed by atoms with Gasteiger partial charge in [-0.1, -0.05) is 57.7 Å². The van der Waals surface area contributed by atoms with E-state index in [0.717, 1.165) is 5.56 Å². The zero-order valence-corrected chi connectivity index (χ0v) is 19.7. The van der Waals surface area contributed by atoms with Gasteiger partial charge in [0.15, 0.2) is 0 Å². The molecule has 0 saturated heterocycles. The summed E-state index contributed by atoms with van der Waals surface area (Å²) in [6.07, 6.45) is 0. The lowest BCUT2D eigenvalue weighted by atomic mass is 9.87. The van der Waals surface area contributed by atoms with Gasteiger partial charge in [-0.3, -0.25) is 4.72 Å². The average Bonchev–Trinajstić information content (AvgIpc) is 2.61. The molecule has 2 rings (SSSR count). The maximum atomic E-state index is 13.0. The van der Waals surface area contributed by atoms with Crippen molar-refractivity contribution in [1.29, 1.82) is 0 Å². The van der Waals surface area contributed by atoms with Crippen LogP contribution in [0, 0.1) is 0 Å². The monoisotopic (exact) mass is 447 g/mol. The van der Waals surface area contributed by atoms with Crippen LogP contribution in [0.15, 0.2) is 66.3 Å². The van der Waals surface area contributed by atoms with Gasteiger partial charge < -0.3 is 10.6 Å². The van der Waals surface area contributed by atoms with Gasteiger partial charge in [0.05, 0.1) is 16.4 Å². The molecule has 0 aliphatic rings. The van der Waals surface area contributed by atoms with Crippen molar-refractivity contribution >= 4 is 33.0 Å². The van der Waals surface area contributed by atoms with Gasteiger partial charge in [0, 0.05) is 22.3 Å². The van der Waals surface area contributed by atoms with E-state index in [2.05, 4.69) is 38.7 Å². The van der Waals surface area contributed by atoms with Gasteiger partial charge >= 0.3 is 0 Å². The van der Waals surface area contributed by atoms with E-state index in [1.54, 1.807) is 35.2 Å². The molecule has 2 aromatic carbocycles. The number of sulfonamides is 1. The largest absolute Gasteiger partial charge is 0.386 e. The second-order valence-electron chi connectivity index (χ2n) is 8.47. The fourth-order valence-corrected chi connectivity index (χ4v) is 4.38. The van der Waals surface area contributed by atoms with E-state index < -0.39 is 10.0 Å². The Morgan fingerprint density at radius 2 is 1.67 bits per heavy atom. The lowest BCUT2D eigenvalue weighted by Gasteiger charge is -2.31. The summed E-state index contributed by atoms with van der Waals surface area (Å²) in [4.78, 5) is 1.90. The first kappa shape index (κ1) is 23.8. The van der Waals surface area contributed by atoms with Crippen LogP contribution in [-0.4, -0.2) is 19.4 Å². The van der Waals surface area contributed by atoms with Gasteiger partial charge in [-0.25, -0.2) is 8.42 Å². The van der Waals surface area contributed by atoms with Crippen molar-refractivity contribution in [3.63, 3.8) is 0 Å². The van der Waals surface area contributed by atoms with Crippen LogP contribution in [0.2, 0.25) is 5.02 Å². The number of hydrogen-bond acceptors (Lipinski definition) is 4. The molecule has 162 valence electrons. The fourth-order valence-electron chi connectivity index (χ4n) is 3.13. The van der Waals surface area contributed by atoms with Crippen molar-refractivity contribution in [2.75, 3.05) is 4.72 Å². The Kier molecular flexibility index (Phi) is 6.94. The minimum absolute atomic E-state index is 0.0246. The number of hydrogen-bond donors (Lipinski definition) is 2. The molecule has 0 unspecified atom stereocenters. The van der Waals surface area contributed by atoms with Crippen molar-refractivity contribution in [2.24, 2.45) is 5.73 Å². The van der Waals surface area contributed by atoms with Gasteiger partial charge in [-0.2, -0.15) is 0 Å². The summed E-state index contributed by atoms with van der Waals surface area (Å²) in [5.74, 6) is 0.307. The lowest BCUT2D eigenvalue weighted by molar-refractivity contribution is 0.403. The number of benzene rings is 2. The summed E-state index contributed by atoms with van der Waals surface area (Å²) in [6, 6.07) is 11.7. The molecule has 0 amide bonds. The minimum Gasteiger partial charge on any atom is -0.386 e. The molecule has 0 fully saturated rings. The molecule has 3 N–H and O–H groups in total. The van der Waals surface area contributed by atoms with Crippen LogP contribution in [-0.2, 0) is 15.4 Å². The summed E-state index contributed by atoms with van der Waals surface area (Å²) >= 11 is 6.18. The van der Waals surface area contributed by atoms with Gasteiger partial charge in [0.25, 0.3) is 10.0 Å². The third kappa shape index (κ3) is 5.37. The highest BCUT2D eigenvalue weighted by molar-refractivity contribution is 7.92. The molecule has 5 nitrogen and oxygen atoms in total. The first-order valence-corrected chi connectivity index (χ1v) is 11.5. The van der Waals surface area contributed by atoms with Crippen molar-refractivity contribution in [3.05, 3.63) is 77.6 Å². The number of nitrogens with zero attached hydrogens (tertiary/aromatic N) is 1. The number of halogens is 1. The molecule has 0 aliphatic carbocycles. The number of nitrogens with one attached hydrogen (secondary N) is 1. The van der Waals surface area contributed by atoms with Crippen molar-refractivity contribution < 1.29 is 8.42 Å². The first-order valence-electron chi connectivity index (χ1n) is 9.60. The van der Waals surface area contributed by atoms with E-state index in [-0.39, 0.29) is 16.4 Å². The Morgan fingerprint density at radius 1 is 1.10 bits per heavy atom. The Balaban J connectivity index is 2.45. The molecule has 0 heterocycles. The predicted octanol–water partition coefficient (Wildman–Crippen LogP) is 5.55. The third-order valence-corrected chi connectivity index (χ3v) is 6.30. The summed E-state index contributed by atoms with van der Waals surface area (Å²) < 4.78 is 28.7. The van der Waals surface area contributed by atoms with Gasteiger partial charge in [-0.15, -0.1) is 0 Å². The highest BCUT2D eigenvalue weighted by Crippen LogP contribution is 2.32. The van der Waals surface area contributed by atoms with E-state index in [9.17, 15) is 8.42 Å². The normalized spacial score (nSPS) is 12.0. The van der Waals surface area contributed by atoms with Crippen LogP contribution in [0.3, 0.4) is 0 Å². The summed E-state index contributed by atoms with van der Waals surface area (Å²) in [7, 11) is -3.82. The van der Waals surface area contributed by atoms with Gasteiger partial charge in [-0.05, 0) is 55.2 Å². The Hall–Kier alpha value is -2.44. The Bertz CT molecular complexity index is 1050. The van der Waals surface area contributed by atoms with Gasteiger partial charge in [0.2, 0.25) is 0 Å². The molecular weight excluding hydrogens is 418 g/mol. The van der Waals surface area contributed by atoms with Crippen LogP contribution in [0.4, 0.5) is 5.69 Å². The summed E-state index contributed by atoms with van der Waals surface area (Å²) in [5, 5.41) is 0.454. The molecule has 0 saturated carbocycles. The number of rotatable bonds is 7. The summed E-state index contributed by atoms with van der Waals surface area (Å²) in [6.45, 7) is 18.0. The lowest BCUT2D eigenvalue weighted by Crippen LogP contribution is -2.32. The Morgan fingerprint density at radius 3 is 2.13 bits per heavy atom. The first-order chi connectivity index (χ1) is 13.7. The van der Waals surface area contributed by atoms with Crippen LogP contribution >= 0.6 is 11.6 Å². The maximum Gasteiger partial charge on any atom is 0.261 e. The molecule has 0 atom stereocenters. The summed E-state index contributed by atoms with van der Waals surface area (Å²) in [5.41, 5.74) is 8.30. The fraction of sp³-hybridized carbons (Fsp3) is 0.304. The predicted molar refractivity (Wildman–Crippen MR) is 127 cm³/mol. The molecule has 7 heteroatoms. The standard InChI is InChI=1S/C23H30ClN3O2S/c1-15(2)27(17(4)25)16(3)21-14-19(24)10-13-22(21)26-30(28,29)20-11-8-18(9-12-20)23(5,6)7/h8-15,26H,3-4,25H2,1-2,5-7H3. The molecule has 2 aromatic rings. The molecule has 0 aromatic heterocycles. The smallest absolute Gasteiger partial charge is 0.261 e. The van der Waals surface area contributed by atoms with Crippen molar-refractivity contribution in [3.8, 4) is 0 Å². The maximum absolute atomic E-state index is 13.0. The molecule has 0 bridgehead atoms. The average molecular weight is 448 g/mol. The van der Waals surface area contributed by atoms with Gasteiger partial charge in [0.1, 0.15) is 0 Å². The molecular formula is C23H30ClN3O2S. The van der Waals surface area contributed by atoms with E-state index in [4.69, 9.17) is 17.3 Å². The minimum atomic E-state index is -3.82. The zero-order valence-electron chi connectivity index (χ0n) is 18.2. The highest BCUT2D eigenvalue weighted by Gasteiger charge is 2.22. The molecule has 30 heavy (non-hydrogen) atoms. The van der Waals surface area contributed by atoms with Crippen LogP contribution in [0.1, 0.15) is 45.7 Å². The van der Waals surface area contributed by atoms with Crippen molar-refractivity contribution in [1.82, 2.24) is 4.90 Å². The van der Waals surface area contributed by atoms with Crippen LogP contribution in [0.25, 0.3) is 5.70 Å². The molecule has 0 aliphatic heterocycles. The van der Waals surface area contributed by atoms with Crippen molar-refractivity contribution in [2.45, 2.75) is 51.0 Å². The van der Waals surface area contributed by atoms with Crippen LogP contribution in [0.5, 0.6) is 0 Å². The second-order valence-corrected chi connectivity index (χ2v) is 10.6.